The third-order valence-corrected chi connectivity index (χ3v) is 12.5. The minimum Gasteiger partial charge on any atom is -0.308 e. The summed E-state index contributed by atoms with van der Waals surface area (Å²) in [6.45, 7) is 0. The number of rotatable bonds is 8. The molecule has 5 nitrogen and oxygen atoms in total. The summed E-state index contributed by atoms with van der Waals surface area (Å²) in [6, 6.07) is 54.2. The summed E-state index contributed by atoms with van der Waals surface area (Å²) >= 11 is 0. The Hall–Kier alpha value is -8.91. The van der Waals surface area contributed by atoms with Crippen molar-refractivity contribution < 1.29 is 39.5 Å². The smallest absolute Gasteiger partial charge is 0.308 e. The van der Waals surface area contributed by atoms with Crippen LogP contribution in [0.1, 0.15) is 16.7 Å². The lowest BCUT2D eigenvalue weighted by atomic mass is 9.95. The number of hydrogen-bond donors (Lipinski definition) is 0. The van der Waals surface area contributed by atoms with Crippen molar-refractivity contribution in [1.29, 1.82) is 0 Å². The molecule has 0 radical (unpaired) electrons. The summed E-state index contributed by atoms with van der Waals surface area (Å²) in [5.74, 6) is 0.115. The van der Waals surface area contributed by atoms with Crippen molar-refractivity contribution in [2.24, 2.45) is 0 Å². The van der Waals surface area contributed by atoms with Crippen molar-refractivity contribution in [3.63, 3.8) is 0 Å². The Labute approximate surface area is 410 Å². The molecule has 11 aromatic rings. The largest absolute Gasteiger partial charge is 0.417 e. The van der Waals surface area contributed by atoms with Crippen molar-refractivity contribution in [2.75, 3.05) is 0 Å². The van der Waals surface area contributed by atoms with Gasteiger partial charge in [0.2, 0.25) is 0 Å². The molecule has 0 N–H and O–H groups in total. The standard InChI is InChI=1S/C59H34F9N5/c60-57(61,62)40-26-27-42(47(32-40)59(66,67)68)39-25-28-53-44(29-39)43-23-13-14-24-52(43)73(53)54-45(51-34-50(37-19-9-3-10-20-37)69-55(72-51)38-21-11-4-12-22-38)30-41(58(63,64)65)31-46(54)56-70-48(35-15-5-1-6-16-35)33-49(71-56)36-17-7-2-8-18-36/h1-34H. The molecule has 0 saturated carbocycles. The maximum absolute atomic E-state index is 15.7. The Balaban J connectivity index is 1.28. The minimum atomic E-state index is -5.18. The highest BCUT2D eigenvalue weighted by molar-refractivity contribution is 6.12. The number of para-hydroxylation sites is 1. The first-order chi connectivity index (χ1) is 35.1. The molecule has 0 fully saturated rings. The van der Waals surface area contributed by atoms with Crippen molar-refractivity contribution in [3.8, 4) is 84.6 Å². The average molecular weight is 984 g/mol. The molecule has 8 aromatic carbocycles. The Morgan fingerprint density at radius 2 is 0.767 bits per heavy atom. The first-order valence-electron chi connectivity index (χ1n) is 22.7. The van der Waals surface area contributed by atoms with Gasteiger partial charge in [0.25, 0.3) is 0 Å². The second-order valence-corrected chi connectivity index (χ2v) is 17.1. The maximum Gasteiger partial charge on any atom is 0.417 e. The van der Waals surface area contributed by atoms with Crippen LogP contribution in [0.3, 0.4) is 0 Å². The van der Waals surface area contributed by atoms with E-state index in [0.717, 1.165) is 18.2 Å². The van der Waals surface area contributed by atoms with E-state index in [1.165, 1.54) is 18.2 Å². The Kier molecular flexibility index (Phi) is 11.5. The molecule has 0 spiro atoms. The van der Waals surface area contributed by atoms with Gasteiger partial charge >= 0.3 is 18.5 Å². The number of benzene rings is 8. The van der Waals surface area contributed by atoms with E-state index >= 15 is 13.2 Å². The molecular weight excluding hydrogens is 950 g/mol. The molecule has 0 amide bonds. The number of nitrogens with zero attached hydrogens (tertiary/aromatic N) is 5. The monoisotopic (exact) mass is 983 g/mol. The van der Waals surface area contributed by atoms with Gasteiger partial charge in [-0.2, -0.15) is 39.5 Å². The summed E-state index contributed by atoms with van der Waals surface area (Å²) in [5, 5.41) is 0.817. The third-order valence-electron chi connectivity index (χ3n) is 12.5. The highest BCUT2D eigenvalue weighted by Crippen LogP contribution is 2.47. The molecule has 73 heavy (non-hydrogen) atoms. The molecule has 0 bridgehead atoms. The van der Waals surface area contributed by atoms with Crippen molar-refractivity contribution >= 4 is 21.8 Å². The fourth-order valence-corrected chi connectivity index (χ4v) is 9.13. The van der Waals surface area contributed by atoms with E-state index in [9.17, 15) is 26.3 Å². The van der Waals surface area contributed by atoms with Crippen molar-refractivity contribution in [1.82, 2.24) is 24.5 Å². The molecule has 0 atom stereocenters. The van der Waals surface area contributed by atoms with E-state index in [4.69, 9.17) is 19.9 Å². The molecule has 14 heteroatoms. The number of hydrogen-bond acceptors (Lipinski definition) is 4. The summed E-state index contributed by atoms with van der Waals surface area (Å²) < 4.78 is 134. The molecular formula is C59H34F9N5. The van der Waals surface area contributed by atoms with Crippen LogP contribution in [-0.2, 0) is 18.5 Å². The Morgan fingerprint density at radius 1 is 0.301 bits per heavy atom. The van der Waals surface area contributed by atoms with Gasteiger partial charge in [0, 0.05) is 44.2 Å². The van der Waals surface area contributed by atoms with Gasteiger partial charge in [0.15, 0.2) is 11.6 Å². The van der Waals surface area contributed by atoms with Gasteiger partial charge in [-0.1, -0.05) is 152 Å². The predicted molar refractivity (Wildman–Crippen MR) is 265 cm³/mol. The fourth-order valence-electron chi connectivity index (χ4n) is 9.13. The maximum atomic E-state index is 15.7. The SMILES string of the molecule is FC(F)(F)c1cc(-c2cc(-c3ccccc3)nc(-c3ccccc3)n2)c(-n2c3ccccc3c3cc(-c4ccc(C(F)(F)F)cc4C(F)(F)F)ccc32)c(-c2nc(-c3ccccc3)cc(-c3ccccc3)n2)c1. The van der Waals surface area contributed by atoms with Gasteiger partial charge in [-0.05, 0) is 65.7 Å². The molecule has 0 unspecified atom stereocenters. The van der Waals surface area contributed by atoms with Crippen LogP contribution in [0.15, 0.2) is 206 Å². The molecule has 0 aliphatic rings. The summed E-state index contributed by atoms with van der Waals surface area (Å²) in [5.41, 5.74) is 0.0363. The van der Waals surface area contributed by atoms with Crippen LogP contribution in [0.25, 0.3) is 106 Å². The highest BCUT2D eigenvalue weighted by atomic mass is 19.4. The van der Waals surface area contributed by atoms with E-state index in [1.54, 1.807) is 65.2 Å². The van der Waals surface area contributed by atoms with Crippen LogP contribution >= 0.6 is 0 Å². The molecule has 3 aromatic heterocycles. The topological polar surface area (TPSA) is 56.5 Å². The van der Waals surface area contributed by atoms with Gasteiger partial charge in [0.1, 0.15) is 0 Å². The predicted octanol–water partition coefficient (Wildman–Crippen LogP) is 17.1. The molecule has 11 rings (SSSR count). The zero-order valence-electron chi connectivity index (χ0n) is 37.8. The first kappa shape index (κ1) is 46.5. The van der Waals surface area contributed by atoms with E-state index in [2.05, 4.69) is 0 Å². The lowest BCUT2D eigenvalue weighted by molar-refractivity contribution is -0.143. The van der Waals surface area contributed by atoms with Crippen molar-refractivity contribution in [3.05, 3.63) is 223 Å². The van der Waals surface area contributed by atoms with Crippen LogP contribution in [-0.4, -0.2) is 24.5 Å². The quantitative estimate of drug-likeness (QED) is 0.142. The minimum absolute atomic E-state index is 0.0228. The van der Waals surface area contributed by atoms with E-state index in [1.807, 2.05) is 97.1 Å². The number of fused-ring (bicyclic) bond motifs is 3. The molecule has 0 aliphatic carbocycles. The van der Waals surface area contributed by atoms with E-state index in [-0.39, 0.29) is 45.8 Å². The van der Waals surface area contributed by atoms with Crippen LogP contribution in [0, 0.1) is 0 Å². The van der Waals surface area contributed by atoms with Gasteiger partial charge in [0.05, 0.1) is 56.2 Å². The molecule has 358 valence electrons. The lowest BCUT2D eigenvalue weighted by Crippen LogP contribution is -2.12. The van der Waals surface area contributed by atoms with Gasteiger partial charge in [-0.25, -0.2) is 19.9 Å². The van der Waals surface area contributed by atoms with E-state index in [0.29, 0.717) is 67.2 Å². The second-order valence-electron chi connectivity index (χ2n) is 17.1. The van der Waals surface area contributed by atoms with Crippen molar-refractivity contribution in [2.45, 2.75) is 18.5 Å². The van der Waals surface area contributed by atoms with Crippen LogP contribution in [0.2, 0.25) is 0 Å². The normalized spacial score (nSPS) is 12.2. The first-order valence-corrected chi connectivity index (χ1v) is 22.7. The second kappa shape index (κ2) is 18.0. The summed E-state index contributed by atoms with van der Waals surface area (Å²) in [4.78, 5) is 20.0. The van der Waals surface area contributed by atoms with Crippen LogP contribution in [0.5, 0.6) is 0 Å². The number of aromatic nitrogens is 5. The van der Waals surface area contributed by atoms with Crippen LogP contribution in [0.4, 0.5) is 39.5 Å². The zero-order valence-corrected chi connectivity index (χ0v) is 37.8. The summed E-state index contributed by atoms with van der Waals surface area (Å²) in [7, 11) is 0. The number of alkyl halides is 9. The lowest BCUT2D eigenvalue weighted by Gasteiger charge is -2.22. The zero-order chi connectivity index (χ0) is 50.6. The molecule has 0 saturated heterocycles. The highest BCUT2D eigenvalue weighted by Gasteiger charge is 2.39. The fraction of sp³-hybridized carbons (Fsp3) is 0.0508. The van der Waals surface area contributed by atoms with Gasteiger partial charge in [-0.15, -0.1) is 0 Å². The average Bonchev–Trinajstić information content (AvgIpc) is 3.73. The Morgan fingerprint density at radius 3 is 1.32 bits per heavy atom. The number of halogens is 9. The molecule has 0 aliphatic heterocycles. The Bertz CT molecular complexity index is 3590. The summed E-state index contributed by atoms with van der Waals surface area (Å²) in [6.07, 6.45) is -15.2. The van der Waals surface area contributed by atoms with E-state index < -0.39 is 40.8 Å². The van der Waals surface area contributed by atoms with Crippen LogP contribution < -0.4 is 0 Å². The van der Waals surface area contributed by atoms with Gasteiger partial charge in [-0.3, -0.25) is 0 Å². The molecule has 3 heterocycles. The van der Waals surface area contributed by atoms with Gasteiger partial charge < -0.3 is 4.57 Å². The third kappa shape index (κ3) is 8.96.